The number of fused-ring (bicyclic) bond motifs is 1. The number of likely N-dealkylation sites (tertiary alicyclic amines) is 1. The van der Waals surface area contributed by atoms with Crippen molar-refractivity contribution in [2.45, 2.75) is 57.7 Å². The van der Waals surface area contributed by atoms with Gasteiger partial charge in [-0.1, -0.05) is 11.6 Å². The van der Waals surface area contributed by atoms with Crippen molar-refractivity contribution in [3.8, 4) is 11.4 Å². The summed E-state index contributed by atoms with van der Waals surface area (Å²) in [6, 6.07) is 8.95. The minimum atomic E-state index is 0.0765. The molecule has 3 aromatic rings. The van der Waals surface area contributed by atoms with E-state index in [0.29, 0.717) is 5.02 Å². The number of imidazole rings is 1. The number of aromatic amines is 1. The van der Waals surface area contributed by atoms with Gasteiger partial charge in [-0.05, 0) is 71.8 Å². The van der Waals surface area contributed by atoms with E-state index in [2.05, 4.69) is 89.0 Å². The highest BCUT2D eigenvalue weighted by Gasteiger charge is 2.43. The van der Waals surface area contributed by atoms with Gasteiger partial charge in [-0.15, -0.1) is 0 Å². The average molecular weight is 540 g/mol. The number of anilines is 2. The molecule has 2 aliphatic heterocycles. The smallest absolute Gasteiger partial charge is 0.159 e. The van der Waals surface area contributed by atoms with Gasteiger partial charge >= 0.3 is 0 Å². The summed E-state index contributed by atoms with van der Waals surface area (Å²) in [6.07, 6.45) is 3.76. The van der Waals surface area contributed by atoms with E-state index in [4.69, 9.17) is 21.3 Å². The summed E-state index contributed by atoms with van der Waals surface area (Å²) in [5, 5.41) is 4.36. The highest BCUT2D eigenvalue weighted by atomic mass is 35.5. The first-order chi connectivity index (χ1) is 18.1. The van der Waals surface area contributed by atoms with Gasteiger partial charge in [0.1, 0.15) is 11.3 Å². The molecule has 1 aromatic carbocycles. The van der Waals surface area contributed by atoms with Crippen molar-refractivity contribution in [3.05, 3.63) is 35.5 Å². The van der Waals surface area contributed by atoms with Gasteiger partial charge in [-0.25, -0.2) is 9.97 Å². The van der Waals surface area contributed by atoms with Crippen LogP contribution in [0.4, 0.5) is 11.4 Å². The Labute approximate surface area is 231 Å². The van der Waals surface area contributed by atoms with Crippen molar-refractivity contribution in [2.24, 2.45) is 0 Å². The minimum absolute atomic E-state index is 0.0765. The fourth-order valence-electron chi connectivity index (χ4n) is 6.16. The number of hydrogen-bond donors (Lipinski definition) is 2. The molecule has 0 saturated carbocycles. The number of H-pyrrole nitrogens is 1. The Morgan fingerprint density at radius 2 is 1.71 bits per heavy atom. The van der Waals surface area contributed by atoms with Gasteiger partial charge in [0.05, 0.1) is 23.5 Å². The van der Waals surface area contributed by atoms with Gasteiger partial charge in [0.25, 0.3) is 0 Å². The molecule has 2 aromatic heterocycles. The van der Waals surface area contributed by atoms with Crippen molar-refractivity contribution in [3.63, 3.8) is 0 Å². The normalized spacial score (nSPS) is 20.8. The molecule has 0 radical (unpaired) electrons. The standard InChI is InChI=1S/C29H42ClN7O/c1-28(2)17-21(18-29(3,4)35(28)5)32-24-23(30)19-31-27-25(24)33-26(34-27)20-7-9-22(10-8-20)37-13-11-36(12-14-37)15-16-38-6/h7-10,19,21H,11-18H2,1-6H3,(H2,31,32,33,34). The fraction of sp³-hybridized carbons (Fsp3) is 0.586. The van der Waals surface area contributed by atoms with Crippen LogP contribution in [0.25, 0.3) is 22.6 Å². The number of methoxy groups -OCH3 is 1. The van der Waals surface area contributed by atoms with Crippen molar-refractivity contribution >= 4 is 34.1 Å². The van der Waals surface area contributed by atoms with E-state index < -0.39 is 0 Å². The maximum absolute atomic E-state index is 6.69. The van der Waals surface area contributed by atoms with Crippen molar-refractivity contribution in [1.82, 2.24) is 24.8 Å². The van der Waals surface area contributed by atoms with Gasteiger partial charge in [0.15, 0.2) is 5.65 Å². The molecule has 8 nitrogen and oxygen atoms in total. The second-order valence-corrected chi connectivity index (χ2v) is 12.5. The lowest BCUT2D eigenvalue weighted by atomic mass is 9.77. The average Bonchev–Trinajstić information content (AvgIpc) is 3.33. The molecule has 0 unspecified atom stereocenters. The molecule has 0 spiro atoms. The number of benzene rings is 1. The Balaban J connectivity index is 1.33. The highest BCUT2D eigenvalue weighted by molar-refractivity contribution is 6.34. The lowest BCUT2D eigenvalue weighted by molar-refractivity contribution is -0.00765. The molecule has 206 valence electrons. The van der Waals surface area contributed by atoms with E-state index >= 15 is 0 Å². The first kappa shape index (κ1) is 27.2. The molecule has 9 heteroatoms. The molecule has 2 saturated heterocycles. The van der Waals surface area contributed by atoms with Crippen molar-refractivity contribution in [1.29, 1.82) is 0 Å². The predicted octanol–water partition coefficient (Wildman–Crippen LogP) is 5.11. The Hall–Kier alpha value is -2.39. The number of ether oxygens (including phenoxy) is 1. The number of aromatic nitrogens is 3. The lowest BCUT2D eigenvalue weighted by Gasteiger charge is -2.54. The molecule has 0 amide bonds. The zero-order valence-corrected chi connectivity index (χ0v) is 24.4. The topological polar surface area (TPSA) is 72.6 Å². The van der Waals surface area contributed by atoms with Crippen LogP contribution in [-0.2, 0) is 4.74 Å². The van der Waals surface area contributed by atoms with Crippen LogP contribution >= 0.6 is 11.6 Å². The van der Waals surface area contributed by atoms with E-state index in [0.717, 1.165) is 80.4 Å². The van der Waals surface area contributed by atoms with Crippen LogP contribution in [-0.4, -0.2) is 95.4 Å². The maximum Gasteiger partial charge on any atom is 0.159 e. The van der Waals surface area contributed by atoms with Crippen LogP contribution in [0.1, 0.15) is 40.5 Å². The second kappa shape index (κ2) is 10.6. The van der Waals surface area contributed by atoms with Gasteiger partial charge in [-0.2, -0.15) is 0 Å². The van der Waals surface area contributed by atoms with Gasteiger partial charge in [0.2, 0.25) is 0 Å². The largest absolute Gasteiger partial charge is 0.383 e. The summed E-state index contributed by atoms with van der Waals surface area (Å²) >= 11 is 6.69. The van der Waals surface area contributed by atoms with Crippen LogP contribution < -0.4 is 10.2 Å². The molecule has 0 bridgehead atoms. The number of pyridine rings is 1. The third-order valence-electron chi connectivity index (χ3n) is 8.61. The molecular formula is C29H42ClN7O. The molecular weight excluding hydrogens is 498 g/mol. The summed E-state index contributed by atoms with van der Waals surface area (Å²) in [5.74, 6) is 0.804. The zero-order chi connectivity index (χ0) is 27.1. The Bertz CT molecular complexity index is 1230. The Morgan fingerprint density at radius 1 is 1.05 bits per heavy atom. The Morgan fingerprint density at radius 3 is 2.34 bits per heavy atom. The molecule has 2 fully saturated rings. The van der Waals surface area contributed by atoms with Gasteiger partial charge in [0, 0.05) is 68.2 Å². The van der Waals surface area contributed by atoms with Gasteiger partial charge in [-0.3, -0.25) is 9.80 Å². The summed E-state index contributed by atoms with van der Waals surface area (Å²) in [5.41, 5.74) is 4.83. The molecule has 38 heavy (non-hydrogen) atoms. The number of piperidine rings is 1. The summed E-state index contributed by atoms with van der Waals surface area (Å²) < 4.78 is 5.22. The number of halogens is 1. The zero-order valence-electron chi connectivity index (χ0n) is 23.6. The monoisotopic (exact) mass is 539 g/mol. The lowest BCUT2D eigenvalue weighted by Crippen LogP contribution is -2.61. The molecule has 2 aliphatic rings. The SMILES string of the molecule is COCCN1CCN(c2ccc(-c3nc4c(NC5CC(C)(C)N(C)C(C)(C)C5)c(Cl)cnc4[nH]3)cc2)CC1. The van der Waals surface area contributed by atoms with E-state index in [9.17, 15) is 0 Å². The highest BCUT2D eigenvalue weighted by Crippen LogP contribution is 2.40. The van der Waals surface area contributed by atoms with E-state index in [1.807, 2.05) is 0 Å². The van der Waals surface area contributed by atoms with Gasteiger partial charge < -0.3 is 19.9 Å². The second-order valence-electron chi connectivity index (χ2n) is 12.1. The Kier molecular flexibility index (Phi) is 7.61. The molecule has 0 atom stereocenters. The molecule has 0 aliphatic carbocycles. The van der Waals surface area contributed by atoms with E-state index in [-0.39, 0.29) is 17.1 Å². The van der Waals surface area contributed by atoms with Crippen LogP contribution in [0, 0.1) is 0 Å². The quantitative estimate of drug-likeness (QED) is 0.432. The number of hydrogen-bond acceptors (Lipinski definition) is 7. The molecule has 4 heterocycles. The maximum atomic E-state index is 6.69. The number of rotatable bonds is 7. The first-order valence-electron chi connectivity index (χ1n) is 13.7. The summed E-state index contributed by atoms with van der Waals surface area (Å²) in [4.78, 5) is 20.3. The molecule has 5 rings (SSSR count). The third-order valence-corrected chi connectivity index (χ3v) is 8.90. The summed E-state index contributed by atoms with van der Waals surface area (Å²) in [7, 11) is 3.99. The number of piperazine rings is 1. The van der Waals surface area contributed by atoms with Crippen LogP contribution in [0.5, 0.6) is 0 Å². The van der Waals surface area contributed by atoms with Crippen molar-refractivity contribution < 1.29 is 4.74 Å². The number of nitrogens with zero attached hydrogens (tertiary/aromatic N) is 5. The van der Waals surface area contributed by atoms with Crippen LogP contribution in [0.3, 0.4) is 0 Å². The predicted molar refractivity (Wildman–Crippen MR) is 157 cm³/mol. The van der Waals surface area contributed by atoms with Crippen LogP contribution in [0.2, 0.25) is 5.02 Å². The van der Waals surface area contributed by atoms with Crippen molar-refractivity contribution in [2.75, 3.05) is 63.7 Å². The third kappa shape index (κ3) is 5.50. The van der Waals surface area contributed by atoms with E-state index in [1.54, 1.807) is 13.3 Å². The summed E-state index contributed by atoms with van der Waals surface area (Å²) in [6.45, 7) is 15.2. The van der Waals surface area contributed by atoms with Crippen LogP contribution in [0.15, 0.2) is 30.5 Å². The first-order valence-corrected chi connectivity index (χ1v) is 14.1. The number of nitrogens with one attached hydrogen (secondary N) is 2. The minimum Gasteiger partial charge on any atom is -0.383 e. The van der Waals surface area contributed by atoms with E-state index in [1.165, 1.54) is 5.69 Å². The molecule has 2 N–H and O–H groups in total. The fourth-order valence-corrected chi connectivity index (χ4v) is 6.36.